The first-order chi connectivity index (χ1) is 13.2. The van der Waals surface area contributed by atoms with Crippen LogP contribution in [0.15, 0.2) is 54.6 Å². The molecule has 1 heterocycles. The van der Waals surface area contributed by atoms with Crippen LogP contribution in [0.3, 0.4) is 0 Å². The molecule has 1 fully saturated rings. The van der Waals surface area contributed by atoms with Crippen molar-refractivity contribution >= 4 is 17.5 Å². The van der Waals surface area contributed by atoms with Gasteiger partial charge >= 0.3 is 0 Å². The maximum Gasteiger partial charge on any atom is 0.260 e. The molecule has 0 aliphatic carbocycles. The lowest BCUT2D eigenvalue weighted by Crippen LogP contribution is -2.45. The minimum atomic E-state index is -0.256. The third kappa shape index (κ3) is 4.88. The summed E-state index contributed by atoms with van der Waals surface area (Å²) in [4.78, 5) is 27.1. The Labute approximate surface area is 160 Å². The smallest absolute Gasteiger partial charge is 0.260 e. The second-order valence-corrected chi connectivity index (χ2v) is 6.75. The first-order valence-corrected chi connectivity index (χ1v) is 9.56. The fourth-order valence-corrected chi connectivity index (χ4v) is 3.48. The standard InChI is InChI=1S/C22H26N2O3/c1-2-18-12-8-9-15-24(18)21(25)16-27-20-14-7-6-13-19(20)22(26)23-17-10-4-3-5-11-17/h3-7,10-11,13-14,18H,2,8-9,12,15-16H2,1H3,(H,23,26)/t18-/m0/s1. The molecule has 1 aliphatic heterocycles. The molecule has 1 N–H and O–H groups in total. The van der Waals surface area contributed by atoms with Crippen molar-refractivity contribution < 1.29 is 14.3 Å². The summed E-state index contributed by atoms with van der Waals surface area (Å²) in [5, 5.41) is 2.85. The van der Waals surface area contributed by atoms with Crippen molar-refractivity contribution in [3.63, 3.8) is 0 Å². The number of piperidine rings is 1. The van der Waals surface area contributed by atoms with Crippen LogP contribution >= 0.6 is 0 Å². The number of likely N-dealkylation sites (tertiary alicyclic amines) is 1. The molecule has 5 heteroatoms. The van der Waals surface area contributed by atoms with Crippen molar-refractivity contribution in [3.8, 4) is 5.75 Å². The zero-order valence-corrected chi connectivity index (χ0v) is 15.7. The van der Waals surface area contributed by atoms with Crippen LogP contribution in [0.1, 0.15) is 43.0 Å². The van der Waals surface area contributed by atoms with Gasteiger partial charge in [0.1, 0.15) is 5.75 Å². The summed E-state index contributed by atoms with van der Waals surface area (Å²) in [5.41, 5.74) is 1.13. The first-order valence-electron chi connectivity index (χ1n) is 9.56. The Morgan fingerprint density at radius 3 is 2.59 bits per heavy atom. The third-order valence-corrected chi connectivity index (χ3v) is 4.93. The molecule has 0 unspecified atom stereocenters. The molecule has 1 atom stereocenters. The SMILES string of the molecule is CC[C@H]1CCCCN1C(=O)COc1ccccc1C(=O)Nc1ccccc1. The van der Waals surface area contributed by atoms with Gasteiger partial charge in [-0.15, -0.1) is 0 Å². The minimum Gasteiger partial charge on any atom is -0.483 e. The van der Waals surface area contributed by atoms with Crippen LogP contribution in [-0.4, -0.2) is 35.9 Å². The molecule has 2 aromatic rings. The topological polar surface area (TPSA) is 58.6 Å². The monoisotopic (exact) mass is 366 g/mol. The van der Waals surface area contributed by atoms with Gasteiger partial charge < -0.3 is 15.0 Å². The van der Waals surface area contributed by atoms with Gasteiger partial charge in [0, 0.05) is 18.3 Å². The molecule has 27 heavy (non-hydrogen) atoms. The lowest BCUT2D eigenvalue weighted by Gasteiger charge is -2.35. The zero-order chi connectivity index (χ0) is 19.1. The van der Waals surface area contributed by atoms with E-state index in [4.69, 9.17) is 4.74 Å². The molecule has 2 amide bonds. The van der Waals surface area contributed by atoms with E-state index >= 15 is 0 Å². The van der Waals surface area contributed by atoms with Crippen LogP contribution < -0.4 is 10.1 Å². The number of carbonyl (C=O) groups excluding carboxylic acids is 2. The highest BCUT2D eigenvalue weighted by molar-refractivity contribution is 6.06. The number of nitrogens with one attached hydrogen (secondary N) is 1. The molecule has 1 saturated heterocycles. The summed E-state index contributed by atoms with van der Waals surface area (Å²) in [5.74, 6) is 0.151. The lowest BCUT2D eigenvalue weighted by atomic mass is 10.00. The van der Waals surface area contributed by atoms with Crippen LogP contribution in [0.2, 0.25) is 0 Å². The number of para-hydroxylation sites is 2. The highest BCUT2D eigenvalue weighted by atomic mass is 16.5. The van der Waals surface area contributed by atoms with Crippen molar-refractivity contribution in [1.82, 2.24) is 4.90 Å². The zero-order valence-electron chi connectivity index (χ0n) is 15.7. The molecule has 3 rings (SSSR count). The van der Waals surface area contributed by atoms with E-state index in [0.717, 1.165) is 25.8 Å². The number of carbonyl (C=O) groups is 2. The number of hydrogen-bond acceptors (Lipinski definition) is 3. The van der Waals surface area contributed by atoms with Crippen molar-refractivity contribution in [2.75, 3.05) is 18.5 Å². The second kappa shape index (κ2) is 9.21. The molecule has 0 radical (unpaired) electrons. The van der Waals surface area contributed by atoms with Gasteiger partial charge in [0.05, 0.1) is 5.56 Å². The Balaban J connectivity index is 1.65. The van der Waals surface area contributed by atoms with E-state index in [1.807, 2.05) is 35.2 Å². The highest BCUT2D eigenvalue weighted by Crippen LogP contribution is 2.22. The Hall–Kier alpha value is -2.82. The summed E-state index contributed by atoms with van der Waals surface area (Å²) in [6.07, 6.45) is 4.23. The van der Waals surface area contributed by atoms with Gasteiger partial charge in [-0.3, -0.25) is 9.59 Å². The molecule has 1 aliphatic rings. The van der Waals surface area contributed by atoms with E-state index in [2.05, 4.69) is 12.2 Å². The predicted octanol–water partition coefficient (Wildman–Crippen LogP) is 4.11. The van der Waals surface area contributed by atoms with Gasteiger partial charge in [-0.1, -0.05) is 37.3 Å². The number of benzene rings is 2. The number of ether oxygens (including phenoxy) is 1. The first kappa shape index (κ1) is 19.0. The molecule has 0 bridgehead atoms. The summed E-state index contributed by atoms with van der Waals surface area (Å²) >= 11 is 0. The summed E-state index contributed by atoms with van der Waals surface area (Å²) < 4.78 is 5.75. The number of hydrogen-bond donors (Lipinski definition) is 1. The second-order valence-electron chi connectivity index (χ2n) is 6.75. The minimum absolute atomic E-state index is 0.0141. The largest absolute Gasteiger partial charge is 0.483 e. The van der Waals surface area contributed by atoms with Crippen molar-refractivity contribution in [1.29, 1.82) is 0 Å². The Morgan fingerprint density at radius 1 is 1.07 bits per heavy atom. The fourth-order valence-electron chi connectivity index (χ4n) is 3.48. The molecule has 0 spiro atoms. The van der Waals surface area contributed by atoms with Crippen molar-refractivity contribution in [2.45, 2.75) is 38.6 Å². The average Bonchev–Trinajstić information content (AvgIpc) is 2.73. The summed E-state index contributed by atoms with van der Waals surface area (Å²) in [6, 6.07) is 16.6. The van der Waals surface area contributed by atoms with E-state index in [9.17, 15) is 9.59 Å². The molecule has 0 saturated carbocycles. The van der Waals surface area contributed by atoms with Crippen LogP contribution in [-0.2, 0) is 4.79 Å². The number of anilines is 1. The lowest BCUT2D eigenvalue weighted by molar-refractivity contribution is -0.137. The quantitative estimate of drug-likeness (QED) is 0.837. The molecular weight excluding hydrogens is 340 g/mol. The summed E-state index contributed by atoms with van der Waals surface area (Å²) in [6.45, 7) is 2.85. The van der Waals surface area contributed by atoms with Crippen molar-refractivity contribution in [3.05, 3.63) is 60.2 Å². The van der Waals surface area contributed by atoms with Crippen LogP contribution in [0.5, 0.6) is 5.75 Å². The summed E-state index contributed by atoms with van der Waals surface area (Å²) in [7, 11) is 0. The van der Waals surface area contributed by atoms with E-state index < -0.39 is 0 Å². The maximum absolute atomic E-state index is 12.6. The fraction of sp³-hybridized carbons (Fsp3) is 0.364. The Bertz CT molecular complexity index is 776. The molecule has 0 aromatic heterocycles. The predicted molar refractivity (Wildman–Crippen MR) is 106 cm³/mol. The molecule has 2 aromatic carbocycles. The third-order valence-electron chi connectivity index (χ3n) is 4.93. The average molecular weight is 366 g/mol. The van der Waals surface area contributed by atoms with Crippen LogP contribution in [0, 0.1) is 0 Å². The van der Waals surface area contributed by atoms with E-state index in [1.165, 1.54) is 6.42 Å². The van der Waals surface area contributed by atoms with E-state index in [0.29, 0.717) is 23.0 Å². The molecule has 5 nitrogen and oxygen atoms in total. The number of nitrogens with zero attached hydrogens (tertiary/aromatic N) is 1. The number of rotatable bonds is 6. The van der Waals surface area contributed by atoms with Gasteiger partial charge in [0.2, 0.25) is 0 Å². The van der Waals surface area contributed by atoms with E-state index in [-0.39, 0.29) is 18.4 Å². The van der Waals surface area contributed by atoms with Crippen LogP contribution in [0.4, 0.5) is 5.69 Å². The highest BCUT2D eigenvalue weighted by Gasteiger charge is 2.25. The van der Waals surface area contributed by atoms with Gasteiger partial charge in [-0.2, -0.15) is 0 Å². The Morgan fingerprint density at radius 2 is 1.81 bits per heavy atom. The van der Waals surface area contributed by atoms with Gasteiger partial charge in [-0.25, -0.2) is 0 Å². The van der Waals surface area contributed by atoms with Crippen molar-refractivity contribution in [2.24, 2.45) is 0 Å². The number of amides is 2. The van der Waals surface area contributed by atoms with Gasteiger partial charge in [0.15, 0.2) is 6.61 Å². The molecule has 142 valence electrons. The van der Waals surface area contributed by atoms with Gasteiger partial charge in [-0.05, 0) is 49.9 Å². The normalized spacial score (nSPS) is 16.6. The van der Waals surface area contributed by atoms with E-state index in [1.54, 1.807) is 24.3 Å². The van der Waals surface area contributed by atoms with Crippen LogP contribution in [0.25, 0.3) is 0 Å². The van der Waals surface area contributed by atoms with Gasteiger partial charge in [0.25, 0.3) is 11.8 Å². The Kier molecular flexibility index (Phi) is 6.47. The maximum atomic E-state index is 12.6. The molecular formula is C22H26N2O3.